The normalized spacial score (nSPS) is 13.3. The molecule has 0 aliphatic carbocycles. The van der Waals surface area contributed by atoms with Crippen LogP contribution in [0.15, 0.2) is 24.3 Å². The molecule has 0 radical (unpaired) electrons. The monoisotopic (exact) mass is 280 g/mol. The Hall–Kier alpha value is -2.08. The van der Waals surface area contributed by atoms with Gasteiger partial charge in [0.25, 0.3) is 0 Å². The summed E-state index contributed by atoms with van der Waals surface area (Å²) in [6.07, 6.45) is -1.05. The summed E-state index contributed by atoms with van der Waals surface area (Å²) in [5.74, 6) is -1.11. The fraction of sp³-hybridized carbons (Fsp3) is 0.429. The first kappa shape index (κ1) is 16.0. The summed E-state index contributed by atoms with van der Waals surface area (Å²) in [4.78, 5) is 22.4. The molecule has 0 bridgehead atoms. The average Bonchev–Trinajstić information content (AvgIpc) is 2.39. The molecule has 110 valence electrons. The van der Waals surface area contributed by atoms with E-state index in [1.807, 2.05) is 38.1 Å². The van der Waals surface area contributed by atoms with E-state index in [1.54, 1.807) is 0 Å². The number of nitrogens with one attached hydrogen (secondary N) is 2. The van der Waals surface area contributed by atoms with Gasteiger partial charge >= 0.3 is 12.0 Å². The van der Waals surface area contributed by atoms with Crippen molar-refractivity contribution in [3.63, 3.8) is 0 Å². The molecule has 0 aromatic heterocycles. The Bertz CT molecular complexity index is 476. The van der Waals surface area contributed by atoms with Crippen LogP contribution in [0.3, 0.4) is 0 Å². The molecule has 1 aromatic rings. The van der Waals surface area contributed by atoms with Crippen LogP contribution in [0.25, 0.3) is 0 Å². The standard InChI is InChI=1S/C14H20N2O4/c1-9-6-4-5-7-11(9)10(2)16-14(19)15-8-12(20-3)13(17)18/h4-7,10,12H,8H2,1-3H3,(H,17,18)(H2,15,16,19). The van der Waals surface area contributed by atoms with E-state index in [4.69, 9.17) is 9.84 Å². The molecule has 2 unspecified atom stereocenters. The number of benzene rings is 1. The molecule has 2 atom stereocenters. The molecule has 3 N–H and O–H groups in total. The summed E-state index contributed by atoms with van der Waals surface area (Å²) in [6, 6.07) is 7.16. The van der Waals surface area contributed by atoms with Crippen LogP contribution in [0.5, 0.6) is 0 Å². The molecule has 20 heavy (non-hydrogen) atoms. The second kappa shape index (κ2) is 7.49. The third kappa shape index (κ3) is 4.55. The summed E-state index contributed by atoms with van der Waals surface area (Å²) in [5, 5.41) is 14.0. The smallest absolute Gasteiger partial charge is 0.334 e. The highest BCUT2D eigenvalue weighted by Gasteiger charge is 2.18. The maximum atomic E-state index is 11.7. The number of amides is 2. The Kier molecular flexibility index (Phi) is 5.99. The molecule has 0 aliphatic heterocycles. The van der Waals surface area contributed by atoms with Gasteiger partial charge in [0.15, 0.2) is 6.10 Å². The van der Waals surface area contributed by atoms with Crippen molar-refractivity contribution in [1.29, 1.82) is 0 Å². The number of aryl methyl sites for hydroxylation is 1. The molecule has 1 rings (SSSR count). The van der Waals surface area contributed by atoms with Crippen molar-refractivity contribution in [2.75, 3.05) is 13.7 Å². The van der Waals surface area contributed by atoms with Gasteiger partial charge in [0.05, 0.1) is 12.6 Å². The molecular formula is C14H20N2O4. The SMILES string of the molecule is COC(CNC(=O)NC(C)c1ccccc1C)C(=O)O. The zero-order valence-electron chi connectivity index (χ0n) is 11.8. The molecule has 0 heterocycles. The highest BCUT2D eigenvalue weighted by molar-refractivity contribution is 5.77. The summed E-state index contributed by atoms with van der Waals surface area (Å²) in [6.45, 7) is 3.75. The maximum absolute atomic E-state index is 11.7. The Balaban J connectivity index is 2.50. The molecule has 6 heteroatoms. The molecular weight excluding hydrogens is 260 g/mol. The lowest BCUT2D eigenvalue weighted by atomic mass is 10.0. The number of rotatable bonds is 6. The number of hydrogen-bond acceptors (Lipinski definition) is 3. The average molecular weight is 280 g/mol. The third-order valence-electron chi connectivity index (χ3n) is 3.01. The van der Waals surface area contributed by atoms with Gasteiger partial charge in [-0.3, -0.25) is 0 Å². The Morgan fingerprint density at radius 1 is 1.35 bits per heavy atom. The van der Waals surface area contributed by atoms with E-state index < -0.39 is 18.1 Å². The van der Waals surface area contributed by atoms with E-state index in [0.29, 0.717) is 0 Å². The van der Waals surface area contributed by atoms with Crippen molar-refractivity contribution in [2.24, 2.45) is 0 Å². The zero-order chi connectivity index (χ0) is 15.1. The van der Waals surface area contributed by atoms with Crippen LogP contribution in [-0.2, 0) is 9.53 Å². The number of hydrogen-bond donors (Lipinski definition) is 3. The van der Waals surface area contributed by atoms with Gasteiger partial charge in [-0.2, -0.15) is 0 Å². The lowest BCUT2D eigenvalue weighted by Gasteiger charge is -2.18. The number of urea groups is 1. The highest BCUT2D eigenvalue weighted by atomic mass is 16.5. The van der Waals surface area contributed by atoms with Crippen molar-refractivity contribution in [2.45, 2.75) is 26.0 Å². The first-order valence-corrected chi connectivity index (χ1v) is 6.31. The molecule has 0 fully saturated rings. The predicted molar refractivity (Wildman–Crippen MR) is 74.6 cm³/mol. The van der Waals surface area contributed by atoms with E-state index in [2.05, 4.69) is 10.6 Å². The number of carboxylic acids is 1. The number of ether oxygens (including phenoxy) is 1. The lowest BCUT2D eigenvalue weighted by molar-refractivity contribution is -0.147. The Labute approximate surface area is 118 Å². The van der Waals surface area contributed by atoms with Crippen molar-refractivity contribution < 1.29 is 19.4 Å². The van der Waals surface area contributed by atoms with Gasteiger partial charge < -0.3 is 20.5 Å². The van der Waals surface area contributed by atoms with Crippen LogP contribution < -0.4 is 10.6 Å². The molecule has 6 nitrogen and oxygen atoms in total. The van der Waals surface area contributed by atoms with E-state index in [0.717, 1.165) is 11.1 Å². The van der Waals surface area contributed by atoms with Gasteiger partial charge in [0.2, 0.25) is 0 Å². The number of carbonyl (C=O) groups excluding carboxylic acids is 1. The first-order chi connectivity index (χ1) is 9.45. The van der Waals surface area contributed by atoms with Gasteiger partial charge in [0.1, 0.15) is 0 Å². The second-order valence-corrected chi connectivity index (χ2v) is 4.50. The summed E-state index contributed by atoms with van der Waals surface area (Å²) < 4.78 is 4.73. The van der Waals surface area contributed by atoms with E-state index in [1.165, 1.54) is 7.11 Å². The van der Waals surface area contributed by atoms with Gasteiger partial charge in [-0.05, 0) is 25.0 Å². The second-order valence-electron chi connectivity index (χ2n) is 4.50. The molecule has 1 aromatic carbocycles. The zero-order valence-corrected chi connectivity index (χ0v) is 11.8. The summed E-state index contributed by atoms with van der Waals surface area (Å²) in [5.41, 5.74) is 2.10. The number of aliphatic carboxylic acids is 1. The number of carboxylic acid groups (broad SMARTS) is 1. The minimum Gasteiger partial charge on any atom is -0.479 e. The van der Waals surface area contributed by atoms with Crippen LogP contribution in [0, 0.1) is 6.92 Å². The van der Waals surface area contributed by atoms with Gasteiger partial charge in [0, 0.05) is 7.11 Å². The first-order valence-electron chi connectivity index (χ1n) is 6.31. The summed E-state index contributed by atoms with van der Waals surface area (Å²) in [7, 11) is 1.29. The van der Waals surface area contributed by atoms with E-state index >= 15 is 0 Å². The van der Waals surface area contributed by atoms with Gasteiger partial charge in [-0.25, -0.2) is 9.59 Å². The van der Waals surface area contributed by atoms with E-state index in [9.17, 15) is 9.59 Å². The predicted octanol–water partition coefficient (Wildman–Crippen LogP) is 1.45. The van der Waals surface area contributed by atoms with Crippen molar-refractivity contribution in [3.8, 4) is 0 Å². The Morgan fingerprint density at radius 3 is 2.55 bits per heavy atom. The number of methoxy groups -OCH3 is 1. The topological polar surface area (TPSA) is 87.7 Å². The van der Waals surface area contributed by atoms with Crippen LogP contribution in [0.1, 0.15) is 24.1 Å². The van der Waals surface area contributed by atoms with Crippen molar-refractivity contribution in [1.82, 2.24) is 10.6 Å². The fourth-order valence-corrected chi connectivity index (χ4v) is 1.85. The Morgan fingerprint density at radius 2 is 2.00 bits per heavy atom. The fourth-order valence-electron chi connectivity index (χ4n) is 1.85. The van der Waals surface area contributed by atoms with Crippen molar-refractivity contribution in [3.05, 3.63) is 35.4 Å². The molecule has 0 aliphatic rings. The van der Waals surface area contributed by atoms with E-state index in [-0.39, 0.29) is 12.6 Å². The summed E-state index contributed by atoms with van der Waals surface area (Å²) >= 11 is 0. The van der Waals surface area contributed by atoms with Crippen molar-refractivity contribution >= 4 is 12.0 Å². The van der Waals surface area contributed by atoms with Gasteiger partial charge in [-0.15, -0.1) is 0 Å². The molecule has 0 spiro atoms. The molecule has 0 saturated carbocycles. The quantitative estimate of drug-likeness (QED) is 0.736. The lowest BCUT2D eigenvalue weighted by Crippen LogP contribution is -2.43. The largest absolute Gasteiger partial charge is 0.479 e. The maximum Gasteiger partial charge on any atom is 0.334 e. The highest BCUT2D eigenvalue weighted by Crippen LogP contribution is 2.16. The minimum atomic E-state index is -1.11. The van der Waals surface area contributed by atoms with Crippen LogP contribution in [-0.4, -0.2) is 36.9 Å². The van der Waals surface area contributed by atoms with Crippen LogP contribution >= 0.6 is 0 Å². The van der Waals surface area contributed by atoms with Crippen LogP contribution in [0.2, 0.25) is 0 Å². The van der Waals surface area contributed by atoms with Crippen LogP contribution in [0.4, 0.5) is 4.79 Å². The molecule has 0 saturated heterocycles. The van der Waals surface area contributed by atoms with Gasteiger partial charge in [-0.1, -0.05) is 24.3 Å². The number of carbonyl (C=O) groups is 2. The minimum absolute atomic E-state index is 0.0852. The third-order valence-corrected chi connectivity index (χ3v) is 3.01. The molecule has 2 amide bonds.